The molecule has 0 aliphatic carbocycles. The molecule has 1 heterocycles. The predicted molar refractivity (Wildman–Crippen MR) is 87.6 cm³/mol. The Morgan fingerprint density at radius 1 is 1.38 bits per heavy atom. The van der Waals surface area contributed by atoms with Crippen molar-refractivity contribution in [2.75, 3.05) is 11.9 Å². The third-order valence-electron chi connectivity index (χ3n) is 3.53. The van der Waals surface area contributed by atoms with Crippen molar-refractivity contribution in [3.8, 4) is 0 Å². The first-order valence-corrected chi connectivity index (χ1v) is 8.23. The lowest BCUT2D eigenvalue weighted by Crippen LogP contribution is -2.40. The van der Waals surface area contributed by atoms with E-state index in [2.05, 4.69) is 42.5 Å². The van der Waals surface area contributed by atoms with E-state index >= 15 is 0 Å². The van der Waals surface area contributed by atoms with E-state index in [1.807, 2.05) is 6.92 Å². The molecule has 1 amide bonds. The number of anilines is 1. The van der Waals surface area contributed by atoms with Gasteiger partial charge < -0.3 is 15.7 Å². The average Bonchev–Trinajstić information content (AvgIpc) is 2.41. The summed E-state index contributed by atoms with van der Waals surface area (Å²) >= 11 is 6.56. The normalized spacial score (nSPS) is 21.9. The molecule has 0 spiro atoms. The van der Waals surface area contributed by atoms with E-state index in [0.29, 0.717) is 20.7 Å². The lowest BCUT2D eigenvalue weighted by atomic mass is 9.92. The number of halogens is 2. The molecular formula is C14H16Br2N2O3. The number of amides is 1. The van der Waals surface area contributed by atoms with Crippen LogP contribution in [0.3, 0.4) is 0 Å². The van der Waals surface area contributed by atoms with Gasteiger partial charge in [-0.05, 0) is 54.4 Å². The van der Waals surface area contributed by atoms with Gasteiger partial charge in [-0.3, -0.25) is 4.79 Å². The zero-order valence-corrected chi connectivity index (χ0v) is 14.6. The van der Waals surface area contributed by atoms with E-state index < -0.39 is 5.97 Å². The third-order valence-corrected chi connectivity index (χ3v) is 4.61. The molecule has 2 rings (SSSR count). The Balaban J connectivity index is 2.22. The van der Waals surface area contributed by atoms with Crippen LogP contribution in [0.5, 0.6) is 0 Å². The fourth-order valence-electron chi connectivity index (χ4n) is 2.46. The standard InChI is InChI=1S/C14H16Br2N2O3/c1-7-4-8(2-3-17-7)13(19)18-12-10(14(20)21)5-9(15)6-11(12)16/h5-8,17H,2-4H2,1H3,(H,18,19)(H,20,21). The molecule has 0 saturated carbocycles. The minimum Gasteiger partial charge on any atom is -0.478 e. The zero-order chi connectivity index (χ0) is 15.6. The molecule has 3 N–H and O–H groups in total. The molecule has 0 aromatic heterocycles. The van der Waals surface area contributed by atoms with Gasteiger partial charge in [0.1, 0.15) is 0 Å². The van der Waals surface area contributed by atoms with Crippen LogP contribution in [0.2, 0.25) is 0 Å². The van der Waals surface area contributed by atoms with Crippen LogP contribution < -0.4 is 10.6 Å². The summed E-state index contributed by atoms with van der Waals surface area (Å²) in [5, 5.41) is 15.3. The summed E-state index contributed by atoms with van der Waals surface area (Å²) in [5.74, 6) is -1.31. The quantitative estimate of drug-likeness (QED) is 0.702. The number of hydrogen-bond donors (Lipinski definition) is 3. The van der Waals surface area contributed by atoms with Gasteiger partial charge in [0.05, 0.1) is 11.3 Å². The van der Waals surface area contributed by atoms with Gasteiger partial charge in [-0.2, -0.15) is 0 Å². The van der Waals surface area contributed by atoms with Gasteiger partial charge in [-0.25, -0.2) is 4.79 Å². The first-order valence-electron chi connectivity index (χ1n) is 6.65. The zero-order valence-electron chi connectivity index (χ0n) is 11.5. The van der Waals surface area contributed by atoms with Crippen LogP contribution in [0.1, 0.15) is 30.1 Å². The Morgan fingerprint density at radius 2 is 2.10 bits per heavy atom. The smallest absolute Gasteiger partial charge is 0.337 e. The maximum absolute atomic E-state index is 12.4. The van der Waals surface area contributed by atoms with Gasteiger partial charge in [0.25, 0.3) is 0 Å². The molecule has 0 bridgehead atoms. The highest BCUT2D eigenvalue weighted by molar-refractivity contribution is 9.11. The molecule has 0 radical (unpaired) electrons. The van der Waals surface area contributed by atoms with Gasteiger partial charge in [-0.15, -0.1) is 0 Å². The highest BCUT2D eigenvalue weighted by Crippen LogP contribution is 2.32. The van der Waals surface area contributed by atoms with Crippen LogP contribution in [0, 0.1) is 5.92 Å². The minimum atomic E-state index is -1.08. The van der Waals surface area contributed by atoms with E-state index in [9.17, 15) is 14.7 Å². The van der Waals surface area contributed by atoms with Crippen molar-refractivity contribution in [2.45, 2.75) is 25.8 Å². The Kier molecular flexibility index (Phi) is 5.40. The highest BCUT2D eigenvalue weighted by Gasteiger charge is 2.26. The van der Waals surface area contributed by atoms with Crippen LogP contribution >= 0.6 is 31.9 Å². The first kappa shape index (κ1) is 16.5. The minimum absolute atomic E-state index is 0.0617. The van der Waals surface area contributed by atoms with Crippen molar-refractivity contribution in [1.29, 1.82) is 0 Å². The van der Waals surface area contributed by atoms with Crippen molar-refractivity contribution in [2.24, 2.45) is 5.92 Å². The molecule has 21 heavy (non-hydrogen) atoms. The first-order chi connectivity index (χ1) is 9.88. The summed E-state index contributed by atoms with van der Waals surface area (Å²) in [6.07, 6.45) is 1.51. The van der Waals surface area contributed by atoms with E-state index in [1.165, 1.54) is 6.07 Å². The van der Waals surface area contributed by atoms with Crippen molar-refractivity contribution in [3.05, 3.63) is 26.6 Å². The van der Waals surface area contributed by atoms with Crippen LogP contribution in [0.25, 0.3) is 0 Å². The van der Waals surface area contributed by atoms with E-state index in [-0.39, 0.29) is 17.4 Å². The number of aromatic carboxylic acids is 1. The number of carboxylic acid groups (broad SMARTS) is 1. The Morgan fingerprint density at radius 3 is 2.71 bits per heavy atom. The highest BCUT2D eigenvalue weighted by atomic mass is 79.9. The number of piperidine rings is 1. The number of hydrogen-bond acceptors (Lipinski definition) is 3. The fourth-order valence-corrected chi connectivity index (χ4v) is 3.79. The van der Waals surface area contributed by atoms with Crippen molar-refractivity contribution < 1.29 is 14.7 Å². The number of carbonyl (C=O) groups is 2. The lowest BCUT2D eigenvalue weighted by molar-refractivity contribution is -0.120. The summed E-state index contributed by atoms with van der Waals surface area (Å²) in [6.45, 7) is 2.84. The molecule has 2 atom stereocenters. The second-order valence-corrected chi connectivity index (χ2v) is 6.95. The summed E-state index contributed by atoms with van der Waals surface area (Å²) in [4.78, 5) is 23.7. The SMILES string of the molecule is CC1CC(C(=O)Nc2c(Br)cc(Br)cc2C(=O)O)CCN1. The molecule has 114 valence electrons. The molecule has 2 unspecified atom stereocenters. The molecule has 1 saturated heterocycles. The molecular weight excluding hydrogens is 404 g/mol. The summed E-state index contributed by atoms with van der Waals surface area (Å²) in [5.41, 5.74) is 0.369. The molecule has 1 fully saturated rings. The van der Waals surface area contributed by atoms with Crippen LogP contribution in [-0.4, -0.2) is 29.6 Å². The summed E-state index contributed by atoms with van der Waals surface area (Å²) in [6, 6.07) is 3.49. The van der Waals surface area contributed by atoms with Crippen molar-refractivity contribution >= 4 is 49.4 Å². The monoisotopic (exact) mass is 418 g/mol. The van der Waals surface area contributed by atoms with Crippen LogP contribution in [0.15, 0.2) is 21.1 Å². The van der Waals surface area contributed by atoms with Gasteiger partial charge in [-0.1, -0.05) is 15.9 Å². The number of carbonyl (C=O) groups excluding carboxylic acids is 1. The number of carboxylic acids is 1. The van der Waals surface area contributed by atoms with E-state index in [0.717, 1.165) is 19.4 Å². The second kappa shape index (κ2) is 6.89. The Labute approximate surface area is 139 Å². The van der Waals surface area contributed by atoms with E-state index in [1.54, 1.807) is 6.07 Å². The Bertz CT molecular complexity index is 578. The van der Waals surface area contributed by atoms with E-state index in [4.69, 9.17) is 0 Å². The van der Waals surface area contributed by atoms with Gasteiger partial charge in [0, 0.05) is 20.9 Å². The van der Waals surface area contributed by atoms with Crippen molar-refractivity contribution in [3.63, 3.8) is 0 Å². The largest absolute Gasteiger partial charge is 0.478 e. The summed E-state index contributed by atoms with van der Waals surface area (Å²) in [7, 11) is 0. The molecule has 1 aromatic rings. The Hall–Kier alpha value is -0.920. The molecule has 1 aromatic carbocycles. The topological polar surface area (TPSA) is 78.4 Å². The predicted octanol–water partition coefficient (Wildman–Crippen LogP) is 3.24. The van der Waals surface area contributed by atoms with Crippen LogP contribution in [0.4, 0.5) is 5.69 Å². The fraction of sp³-hybridized carbons (Fsp3) is 0.429. The average molecular weight is 420 g/mol. The van der Waals surface area contributed by atoms with Gasteiger partial charge in [0.2, 0.25) is 5.91 Å². The van der Waals surface area contributed by atoms with Crippen molar-refractivity contribution in [1.82, 2.24) is 5.32 Å². The lowest BCUT2D eigenvalue weighted by Gasteiger charge is -2.27. The number of nitrogens with one attached hydrogen (secondary N) is 2. The van der Waals surface area contributed by atoms with Crippen LogP contribution in [-0.2, 0) is 4.79 Å². The molecule has 7 heteroatoms. The number of rotatable bonds is 3. The molecule has 1 aliphatic rings. The van der Waals surface area contributed by atoms with Gasteiger partial charge in [0.15, 0.2) is 0 Å². The maximum Gasteiger partial charge on any atom is 0.337 e. The number of benzene rings is 1. The second-order valence-electron chi connectivity index (χ2n) is 5.18. The maximum atomic E-state index is 12.4. The summed E-state index contributed by atoms with van der Waals surface area (Å²) < 4.78 is 1.19. The molecule has 5 nitrogen and oxygen atoms in total. The van der Waals surface area contributed by atoms with Gasteiger partial charge >= 0.3 is 5.97 Å². The third kappa shape index (κ3) is 4.05. The molecule has 1 aliphatic heterocycles.